The number of amides is 1. The van der Waals surface area contributed by atoms with E-state index < -0.39 is 10.8 Å². The molecule has 1 fully saturated rings. The highest BCUT2D eigenvalue weighted by Crippen LogP contribution is 2.15. The minimum atomic E-state index is -0.632. The van der Waals surface area contributed by atoms with E-state index in [1.54, 1.807) is 6.07 Å². The summed E-state index contributed by atoms with van der Waals surface area (Å²) < 4.78 is 5.33. The number of carbonyl (C=O) groups excluding carboxylic acids is 1. The Morgan fingerprint density at radius 3 is 2.88 bits per heavy atom. The van der Waals surface area contributed by atoms with Crippen LogP contribution in [-0.2, 0) is 11.3 Å². The Labute approximate surface area is 137 Å². The topological polar surface area (TPSA) is 113 Å². The SMILES string of the molecule is O=C(Nc1cccc(CN2CCOCC2)c1)c1cc([N+](=O)[O-])[nH]n1. The summed E-state index contributed by atoms with van der Waals surface area (Å²) >= 11 is 0. The molecule has 0 spiro atoms. The second-order valence-corrected chi connectivity index (χ2v) is 5.44. The van der Waals surface area contributed by atoms with Gasteiger partial charge in [-0.05, 0) is 22.6 Å². The van der Waals surface area contributed by atoms with Crippen LogP contribution in [0.2, 0.25) is 0 Å². The number of nitrogens with one attached hydrogen (secondary N) is 2. The number of morpholine rings is 1. The molecule has 1 amide bonds. The molecule has 3 rings (SSSR count). The number of ether oxygens (including phenoxy) is 1. The zero-order chi connectivity index (χ0) is 16.9. The predicted octanol–water partition coefficient (Wildman–Crippen LogP) is 1.40. The quantitative estimate of drug-likeness (QED) is 0.632. The third-order valence-corrected chi connectivity index (χ3v) is 3.69. The second-order valence-electron chi connectivity index (χ2n) is 5.44. The molecule has 9 nitrogen and oxygen atoms in total. The van der Waals surface area contributed by atoms with Crippen molar-refractivity contribution in [3.63, 3.8) is 0 Å². The van der Waals surface area contributed by atoms with Crippen LogP contribution in [0.15, 0.2) is 30.3 Å². The Morgan fingerprint density at radius 1 is 1.38 bits per heavy atom. The van der Waals surface area contributed by atoms with E-state index in [4.69, 9.17) is 4.74 Å². The molecule has 1 aliphatic heterocycles. The van der Waals surface area contributed by atoms with Gasteiger partial charge in [0.1, 0.15) is 0 Å². The van der Waals surface area contributed by atoms with Crippen LogP contribution in [0.3, 0.4) is 0 Å². The van der Waals surface area contributed by atoms with Gasteiger partial charge in [-0.25, -0.2) is 0 Å². The third-order valence-electron chi connectivity index (χ3n) is 3.69. The maximum atomic E-state index is 12.1. The smallest absolute Gasteiger partial charge is 0.343 e. The number of carbonyl (C=O) groups is 1. The molecule has 0 saturated carbocycles. The second kappa shape index (κ2) is 7.20. The van der Waals surface area contributed by atoms with Crippen LogP contribution in [0.5, 0.6) is 0 Å². The molecule has 1 aromatic heterocycles. The summed E-state index contributed by atoms with van der Waals surface area (Å²) in [6.07, 6.45) is 0. The van der Waals surface area contributed by atoms with Crippen molar-refractivity contribution >= 4 is 17.4 Å². The largest absolute Gasteiger partial charge is 0.379 e. The van der Waals surface area contributed by atoms with Crippen LogP contribution < -0.4 is 5.32 Å². The van der Waals surface area contributed by atoms with E-state index in [-0.39, 0.29) is 11.5 Å². The molecule has 0 radical (unpaired) electrons. The van der Waals surface area contributed by atoms with Gasteiger partial charge in [-0.3, -0.25) is 9.69 Å². The molecular formula is C15H17N5O4. The monoisotopic (exact) mass is 331 g/mol. The van der Waals surface area contributed by atoms with Crippen molar-refractivity contribution < 1.29 is 14.5 Å². The molecule has 2 N–H and O–H groups in total. The number of hydrogen-bond donors (Lipinski definition) is 2. The summed E-state index contributed by atoms with van der Waals surface area (Å²) in [5, 5.41) is 19.2. The maximum Gasteiger partial charge on any atom is 0.343 e. The molecule has 9 heteroatoms. The van der Waals surface area contributed by atoms with Crippen molar-refractivity contribution in [2.24, 2.45) is 0 Å². The average Bonchev–Trinajstić information content (AvgIpc) is 3.06. The number of aromatic amines is 1. The van der Waals surface area contributed by atoms with Crippen molar-refractivity contribution in [3.8, 4) is 0 Å². The lowest BCUT2D eigenvalue weighted by Crippen LogP contribution is -2.35. The summed E-state index contributed by atoms with van der Waals surface area (Å²) in [5.41, 5.74) is 1.67. The Balaban J connectivity index is 1.64. The van der Waals surface area contributed by atoms with Crippen molar-refractivity contribution in [1.29, 1.82) is 0 Å². The number of rotatable bonds is 5. The number of anilines is 1. The number of nitrogens with zero attached hydrogens (tertiary/aromatic N) is 3. The van der Waals surface area contributed by atoms with E-state index in [2.05, 4.69) is 20.4 Å². The fraction of sp³-hybridized carbons (Fsp3) is 0.333. The van der Waals surface area contributed by atoms with Gasteiger partial charge in [0.25, 0.3) is 5.91 Å². The van der Waals surface area contributed by atoms with E-state index in [1.165, 1.54) is 0 Å². The molecule has 24 heavy (non-hydrogen) atoms. The highest BCUT2D eigenvalue weighted by Gasteiger charge is 2.17. The molecule has 0 bridgehead atoms. The zero-order valence-corrected chi connectivity index (χ0v) is 12.9. The fourth-order valence-corrected chi connectivity index (χ4v) is 2.48. The van der Waals surface area contributed by atoms with E-state index in [1.807, 2.05) is 18.2 Å². The molecule has 0 atom stereocenters. The van der Waals surface area contributed by atoms with E-state index >= 15 is 0 Å². The number of benzene rings is 1. The van der Waals surface area contributed by atoms with Crippen LogP contribution in [0, 0.1) is 10.1 Å². The lowest BCUT2D eigenvalue weighted by Gasteiger charge is -2.26. The molecule has 1 saturated heterocycles. The summed E-state index contributed by atoms with van der Waals surface area (Å²) in [5.74, 6) is -0.816. The van der Waals surface area contributed by atoms with Crippen molar-refractivity contribution in [2.45, 2.75) is 6.54 Å². The molecule has 126 valence electrons. The van der Waals surface area contributed by atoms with Crippen LogP contribution in [0.25, 0.3) is 0 Å². The van der Waals surface area contributed by atoms with Crippen LogP contribution >= 0.6 is 0 Å². The molecule has 1 aliphatic rings. The van der Waals surface area contributed by atoms with E-state index in [9.17, 15) is 14.9 Å². The summed E-state index contributed by atoms with van der Waals surface area (Å²) in [6, 6.07) is 8.60. The average molecular weight is 331 g/mol. The summed E-state index contributed by atoms with van der Waals surface area (Å²) in [7, 11) is 0. The molecule has 1 aromatic carbocycles. The van der Waals surface area contributed by atoms with Crippen molar-refractivity contribution in [3.05, 3.63) is 51.7 Å². The van der Waals surface area contributed by atoms with Gasteiger partial charge in [-0.1, -0.05) is 17.2 Å². The van der Waals surface area contributed by atoms with Crippen molar-refractivity contribution in [2.75, 3.05) is 31.6 Å². The number of nitro groups is 1. The van der Waals surface area contributed by atoms with Gasteiger partial charge in [-0.15, -0.1) is 5.10 Å². The Morgan fingerprint density at radius 2 is 2.17 bits per heavy atom. The van der Waals surface area contributed by atoms with Crippen LogP contribution in [-0.4, -0.2) is 52.2 Å². The number of hydrogen-bond acceptors (Lipinski definition) is 6. The number of H-pyrrole nitrogens is 1. The minimum Gasteiger partial charge on any atom is -0.379 e. The maximum absolute atomic E-state index is 12.1. The first-order valence-corrected chi connectivity index (χ1v) is 7.52. The molecule has 2 aromatic rings. The normalized spacial score (nSPS) is 15.2. The first-order valence-electron chi connectivity index (χ1n) is 7.52. The minimum absolute atomic E-state index is 0.0275. The first kappa shape index (κ1) is 16.1. The highest BCUT2D eigenvalue weighted by atomic mass is 16.6. The molecule has 0 aliphatic carbocycles. The van der Waals surface area contributed by atoms with E-state index in [0.717, 1.165) is 44.5 Å². The molecular weight excluding hydrogens is 314 g/mol. The first-order chi connectivity index (χ1) is 11.6. The van der Waals surface area contributed by atoms with Crippen molar-refractivity contribution in [1.82, 2.24) is 15.1 Å². The van der Waals surface area contributed by atoms with Gasteiger partial charge in [-0.2, -0.15) is 0 Å². The standard InChI is InChI=1S/C15H17N5O4/c21-15(13-9-14(18-17-13)20(22)23)16-12-3-1-2-11(8-12)10-19-4-6-24-7-5-19/h1-3,8-9H,4-7,10H2,(H,16,21)(H,17,18). The predicted molar refractivity (Wildman–Crippen MR) is 85.7 cm³/mol. The third kappa shape index (κ3) is 3.94. The van der Waals surface area contributed by atoms with Crippen LogP contribution in [0.4, 0.5) is 11.5 Å². The number of aromatic nitrogens is 2. The highest BCUT2D eigenvalue weighted by molar-refractivity contribution is 6.03. The van der Waals surface area contributed by atoms with Gasteiger partial charge < -0.3 is 20.2 Å². The summed E-state index contributed by atoms with van der Waals surface area (Å²) in [6.45, 7) is 4.00. The van der Waals surface area contributed by atoms with Gasteiger partial charge in [0.05, 0.1) is 19.3 Å². The fourth-order valence-electron chi connectivity index (χ4n) is 2.48. The zero-order valence-electron chi connectivity index (χ0n) is 12.9. The van der Waals surface area contributed by atoms with Crippen LogP contribution in [0.1, 0.15) is 16.1 Å². The molecule has 0 unspecified atom stereocenters. The lowest BCUT2D eigenvalue weighted by atomic mass is 10.1. The van der Waals surface area contributed by atoms with Gasteiger partial charge in [0, 0.05) is 25.3 Å². The van der Waals surface area contributed by atoms with E-state index in [0.29, 0.717) is 5.69 Å². The van der Waals surface area contributed by atoms with Gasteiger partial charge in [0.15, 0.2) is 5.69 Å². The Hall–Kier alpha value is -2.78. The lowest BCUT2D eigenvalue weighted by molar-refractivity contribution is -0.389. The molecule has 2 heterocycles. The van der Waals surface area contributed by atoms with Gasteiger partial charge in [0.2, 0.25) is 0 Å². The Bertz CT molecular complexity index is 739. The summed E-state index contributed by atoms with van der Waals surface area (Å²) in [4.78, 5) is 24.4. The Kier molecular flexibility index (Phi) is 4.82. The van der Waals surface area contributed by atoms with Gasteiger partial charge >= 0.3 is 5.82 Å².